The van der Waals surface area contributed by atoms with E-state index >= 15 is 0 Å². The van der Waals surface area contributed by atoms with Crippen molar-refractivity contribution in [3.8, 4) is 56.4 Å². The molecular formula is C49H29N3O2. The molecule has 5 nitrogen and oxygen atoms in total. The van der Waals surface area contributed by atoms with Crippen molar-refractivity contribution >= 4 is 54.6 Å². The van der Waals surface area contributed by atoms with E-state index in [0.717, 1.165) is 82.8 Å². The van der Waals surface area contributed by atoms with Gasteiger partial charge in [0.2, 0.25) is 0 Å². The Balaban J connectivity index is 1.18. The lowest BCUT2D eigenvalue weighted by Crippen LogP contribution is -2.01. The summed E-state index contributed by atoms with van der Waals surface area (Å²) in [5.74, 6) is 1.69. The molecule has 0 atom stereocenters. The molecule has 0 radical (unpaired) electrons. The largest absolute Gasteiger partial charge is 0.456 e. The van der Waals surface area contributed by atoms with Crippen LogP contribution in [0.5, 0.6) is 0 Å². The van der Waals surface area contributed by atoms with Crippen molar-refractivity contribution in [1.82, 2.24) is 15.0 Å². The van der Waals surface area contributed by atoms with Crippen LogP contribution in [0.2, 0.25) is 0 Å². The first kappa shape index (κ1) is 30.3. The molecule has 0 saturated heterocycles. The standard InChI is InChI=1S/C49H29N3O2/c1-2-12-30(13-3-1)33-26-34(37-19-10-15-31-14-4-5-16-36(31)37)28-35(27-33)48-50-47(32-24-25-39-38-17-6-8-21-42(38)54-45(39)29-32)51-49(52-48)41-20-11-23-44-46(41)40-18-7-9-22-43(40)53-44/h1-29H. The van der Waals surface area contributed by atoms with Gasteiger partial charge in [0.05, 0.1) is 0 Å². The highest BCUT2D eigenvalue weighted by molar-refractivity contribution is 6.12. The second-order valence-corrected chi connectivity index (χ2v) is 13.6. The molecule has 3 aromatic heterocycles. The molecule has 0 saturated carbocycles. The Morgan fingerprint density at radius 1 is 0.296 bits per heavy atom. The summed E-state index contributed by atoms with van der Waals surface area (Å²) in [6.07, 6.45) is 0. The smallest absolute Gasteiger partial charge is 0.164 e. The van der Waals surface area contributed by atoms with Crippen molar-refractivity contribution in [2.45, 2.75) is 0 Å². The number of rotatable bonds is 5. The zero-order valence-electron chi connectivity index (χ0n) is 28.9. The molecule has 0 N–H and O–H groups in total. The third kappa shape index (κ3) is 4.98. The van der Waals surface area contributed by atoms with Gasteiger partial charge in [-0.05, 0) is 81.6 Å². The van der Waals surface area contributed by atoms with Crippen LogP contribution in [0, 0.1) is 0 Å². The van der Waals surface area contributed by atoms with Crippen molar-refractivity contribution in [3.63, 3.8) is 0 Å². The van der Waals surface area contributed by atoms with Crippen LogP contribution in [0.1, 0.15) is 0 Å². The fourth-order valence-electron chi connectivity index (χ4n) is 7.77. The van der Waals surface area contributed by atoms with Gasteiger partial charge < -0.3 is 8.83 Å². The van der Waals surface area contributed by atoms with E-state index in [-0.39, 0.29) is 0 Å². The third-order valence-corrected chi connectivity index (χ3v) is 10.3. The maximum absolute atomic E-state index is 6.32. The number of hydrogen-bond acceptors (Lipinski definition) is 5. The summed E-state index contributed by atoms with van der Waals surface area (Å²) in [6.45, 7) is 0. The van der Waals surface area contributed by atoms with E-state index in [2.05, 4.69) is 115 Å². The number of benzene rings is 8. The molecule has 0 amide bonds. The minimum atomic E-state index is 0.555. The van der Waals surface area contributed by atoms with Crippen LogP contribution in [0.25, 0.3) is 111 Å². The first-order valence-electron chi connectivity index (χ1n) is 18.0. The average Bonchev–Trinajstić information content (AvgIpc) is 3.82. The quantitative estimate of drug-likeness (QED) is 0.180. The van der Waals surface area contributed by atoms with Crippen molar-refractivity contribution < 1.29 is 8.83 Å². The third-order valence-electron chi connectivity index (χ3n) is 10.3. The van der Waals surface area contributed by atoms with Gasteiger partial charge in [-0.25, -0.2) is 15.0 Å². The molecule has 252 valence electrons. The van der Waals surface area contributed by atoms with E-state index < -0.39 is 0 Å². The van der Waals surface area contributed by atoms with Crippen LogP contribution < -0.4 is 0 Å². The van der Waals surface area contributed by atoms with Gasteiger partial charge in [-0.3, -0.25) is 0 Å². The Bertz CT molecular complexity index is 3230. The zero-order valence-corrected chi connectivity index (χ0v) is 28.9. The van der Waals surface area contributed by atoms with E-state index in [1.807, 2.05) is 60.7 Å². The number of fused-ring (bicyclic) bond motifs is 7. The summed E-state index contributed by atoms with van der Waals surface area (Å²) >= 11 is 0. The second kappa shape index (κ2) is 12.1. The molecule has 0 aliphatic heterocycles. The van der Waals surface area contributed by atoms with Gasteiger partial charge in [0, 0.05) is 38.2 Å². The van der Waals surface area contributed by atoms with Crippen LogP contribution in [0.4, 0.5) is 0 Å². The highest BCUT2D eigenvalue weighted by Gasteiger charge is 2.20. The molecule has 0 aliphatic carbocycles. The molecule has 0 fully saturated rings. The van der Waals surface area contributed by atoms with Crippen molar-refractivity contribution in [3.05, 3.63) is 176 Å². The molecule has 11 rings (SSSR count). The fourth-order valence-corrected chi connectivity index (χ4v) is 7.77. The predicted octanol–water partition coefficient (Wildman–Crippen LogP) is 13.2. The summed E-state index contributed by atoms with van der Waals surface area (Å²) in [4.78, 5) is 15.7. The number of furan rings is 2. The van der Waals surface area contributed by atoms with Gasteiger partial charge in [0.15, 0.2) is 17.5 Å². The number of hydrogen-bond donors (Lipinski definition) is 0. The van der Waals surface area contributed by atoms with Crippen molar-refractivity contribution in [1.29, 1.82) is 0 Å². The highest BCUT2D eigenvalue weighted by atomic mass is 16.3. The molecule has 5 heteroatoms. The lowest BCUT2D eigenvalue weighted by atomic mass is 9.93. The molecule has 11 aromatic rings. The van der Waals surface area contributed by atoms with E-state index in [0.29, 0.717) is 17.5 Å². The van der Waals surface area contributed by atoms with Crippen LogP contribution in [0.15, 0.2) is 185 Å². The first-order chi connectivity index (χ1) is 26.7. The predicted molar refractivity (Wildman–Crippen MR) is 219 cm³/mol. The summed E-state index contributed by atoms with van der Waals surface area (Å²) in [6, 6.07) is 60.6. The normalized spacial score (nSPS) is 11.7. The van der Waals surface area contributed by atoms with Gasteiger partial charge in [0.1, 0.15) is 22.3 Å². The van der Waals surface area contributed by atoms with E-state index in [1.165, 1.54) is 10.8 Å². The summed E-state index contributed by atoms with van der Waals surface area (Å²) < 4.78 is 12.6. The number of aromatic nitrogens is 3. The minimum absolute atomic E-state index is 0.555. The summed E-state index contributed by atoms with van der Waals surface area (Å²) in [5, 5.41) is 6.48. The fraction of sp³-hybridized carbons (Fsp3) is 0. The maximum atomic E-state index is 6.32. The lowest BCUT2D eigenvalue weighted by molar-refractivity contribution is 0.668. The SMILES string of the molecule is c1ccc(-c2cc(-c3nc(-c4ccc5c(c4)oc4ccccc45)nc(-c4cccc5oc6ccccc6c45)n3)cc(-c3cccc4ccccc34)c2)cc1. The minimum Gasteiger partial charge on any atom is -0.456 e. The van der Waals surface area contributed by atoms with E-state index in [1.54, 1.807) is 0 Å². The van der Waals surface area contributed by atoms with Gasteiger partial charge in [-0.1, -0.05) is 127 Å². The van der Waals surface area contributed by atoms with Crippen molar-refractivity contribution in [2.24, 2.45) is 0 Å². The van der Waals surface area contributed by atoms with Crippen LogP contribution in [0.3, 0.4) is 0 Å². The molecule has 54 heavy (non-hydrogen) atoms. The monoisotopic (exact) mass is 691 g/mol. The van der Waals surface area contributed by atoms with Crippen LogP contribution in [-0.2, 0) is 0 Å². The van der Waals surface area contributed by atoms with Crippen LogP contribution in [-0.4, -0.2) is 15.0 Å². The second-order valence-electron chi connectivity index (χ2n) is 13.6. The van der Waals surface area contributed by atoms with E-state index in [4.69, 9.17) is 23.8 Å². The lowest BCUT2D eigenvalue weighted by Gasteiger charge is -2.14. The topological polar surface area (TPSA) is 65.0 Å². The summed E-state index contributed by atoms with van der Waals surface area (Å²) in [5.41, 5.74) is 10.2. The first-order valence-corrected chi connectivity index (χ1v) is 18.0. The Morgan fingerprint density at radius 3 is 1.74 bits per heavy atom. The van der Waals surface area contributed by atoms with Gasteiger partial charge in [0.25, 0.3) is 0 Å². The Kier molecular flexibility index (Phi) is 6.79. The van der Waals surface area contributed by atoms with Gasteiger partial charge in [-0.15, -0.1) is 0 Å². The molecule has 0 aliphatic rings. The molecule has 0 spiro atoms. The van der Waals surface area contributed by atoms with Gasteiger partial charge >= 0.3 is 0 Å². The Labute approximate surface area is 309 Å². The zero-order chi connectivity index (χ0) is 35.6. The molecular weight excluding hydrogens is 663 g/mol. The molecule has 0 unspecified atom stereocenters. The summed E-state index contributed by atoms with van der Waals surface area (Å²) in [7, 11) is 0. The molecule has 3 heterocycles. The van der Waals surface area contributed by atoms with Crippen LogP contribution >= 0.6 is 0 Å². The molecule has 8 aromatic carbocycles. The van der Waals surface area contributed by atoms with Gasteiger partial charge in [-0.2, -0.15) is 0 Å². The number of para-hydroxylation sites is 2. The Morgan fingerprint density at radius 2 is 0.870 bits per heavy atom. The maximum Gasteiger partial charge on any atom is 0.164 e. The average molecular weight is 692 g/mol. The Hall–Kier alpha value is -7.37. The number of nitrogens with zero attached hydrogens (tertiary/aromatic N) is 3. The highest BCUT2D eigenvalue weighted by Crippen LogP contribution is 2.39. The van der Waals surface area contributed by atoms with Crippen molar-refractivity contribution in [2.75, 3.05) is 0 Å². The molecule has 0 bridgehead atoms. The van der Waals surface area contributed by atoms with E-state index in [9.17, 15) is 0 Å².